The number of hydrogen-bond donors (Lipinski definition) is 0. The zero-order valence-corrected chi connectivity index (χ0v) is 13.6. The van der Waals surface area contributed by atoms with Crippen molar-refractivity contribution >= 4 is 11.8 Å². The maximum atomic E-state index is 2.38. The second-order valence-electron chi connectivity index (χ2n) is 6.32. The lowest BCUT2D eigenvalue weighted by Crippen LogP contribution is -2.02. The van der Waals surface area contributed by atoms with Gasteiger partial charge in [-0.15, -0.1) is 0 Å². The van der Waals surface area contributed by atoms with Gasteiger partial charge in [0.1, 0.15) is 0 Å². The zero-order valence-electron chi connectivity index (χ0n) is 12.7. The normalized spacial score (nSPS) is 13.5. The number of rotatable bonds is 2. The average Bonchev–Trinajstić information content (AvgIpc) is 2.43. The van der Waals surface area contributed by atoms with Gasteiger partial charge in [-0.3, -0.25) is 0 Å². The van der Waals surface area contributed by atoms with Crippen LogP contribution in [0, 0.1) is 0 Å². The van der Waals surface area contributed by atoms with Crippen molar-refractivity contribution in [3.05, 3.63) is 58.7 Å². The highest BCUT2D eigenvalue weighted by Crippen LogP contribution is 2.41. The molecule has 0 N–H and O–H groups in total. The Morgan fingerprint density at radius 3 is 1.60 bits per heavy atom. The van der Waals surface area contributed by atoms with Gasteiger partial charge in [0.05, 0.1) is 0 Å². The predicted octanol–water partition coefficient (Wildman–Crippen LogP) is 5.99. The van der Waals surface area contributed by atoms with Crippen molar-refractivity contribution in [3.8, 4) is 0 Å². The van der Waals surface area contributed by atoms with E-state index in [1.807, 2.05) is 11.8 Å². The molecular formula is C19H22S. The standard InChI is InChI=1S/C19H22S/c1-12(2)14-5-7-16-9-17-8-6-15(13(3)4)11-19(17)20-18(16)10-14/h5-8,10-13H,9H2,1-4H3. The zero-order chi connectivity index (χ0) is 14.3. The molecule has 0 spiro atoms. The monoisotopic (exact) mass is 282 g/mol. The molecule has 0 fully saturated rings. The highest BCUT2D eigenvalue weighted by atomic mass is 32.2. The molecule has 1 aliphatic rings. The topological polar surface area (TPSA) is 0 Å². The molecule has 2 aromatic carbocycles. The first-order valence-corrected chi connectivity index (χ1v) is 8.29. The van der Waals surface area contributed by atoms with E-state index in [0.717, 1.165) is 6.42 Å². The highest BCUT2D eigenvalue weighted by Gasteiger charge is 2.17. The summed E-state index contributed by atoms with van der Waals surface area (Å²) in [5.41, 5.74) is 5.84. The SMILES string of the molecule is CC(C)c1ccc2c(c1)Sc1cc(C(C)C)ccc1C2. The molecule has 0 aliphatic carbocycles. The minimum atomic E-state index is 0.601. The van der Waals surface area contributed by atoms with Gasteiger partial charge in [0, 0.05) is 9.79 Å². The van der Waals surface area contributed by atoms with E-state index < -0.39 is 0 Å². The van der Waals surface area contributed by atoms with E-state index in [1.165, 1.54) is 32.0 Å². The summed E-state index contributed by atoms with van der Waals surface area (Å²) in [4.78, 5) is 2.90. The molecule has 1 heterocycles. The summed E-state index contributed by atoms with van der Waals surface area (Å²) >= 11 is 1.95. The summed E-state index contributed by atoms with van der Waals surface area (Å²) in [5.74, 6) is 1.20. The molecule has 0 saturated carbocycles. The number of benzene rings is 2. The summed E-state index contributed by atoms with van der Waals surface area (Å²) < 4.78 is 0. The molecule has 0 unspecified atom stereocenters. The Bertz CT molecular complexity index is 583. The van der Waals surface area contributed by atoms with Crippen LogP contribution in [-0.4, -0.2) is 0 Å². The van der Waals surface area contributed by atoms with E-state index in [2.05, 4.69) is 64.1 Å². The molecule has 3 rings (SSSR count). The van der Waals surface area contributed by atoms with Crippen LogP contribution in [0.1, 0.15) is 61.8 Å². The first-order valence-electron chi connectivity index (χ1n) is 7.48. The van der Waals surface area contributed by atoms with Gasteiger partial charge in [0.2, 0.25) is 0 Å². The van der Waals surface area contributed by atoms with Crippen molar-refractivity contribution in [1.29, 1.82) is 0 Å². The lowest BCUT2D eigenvalue weighted by atomic mass is 9.96. The molecule has 0 bridgehead atoms. The molecule has 1 aliphatic heterocycles. The van der Waals surface area contributed by atoms with Crippen LogP contribution in [0.5, 0.6) is 0 Å². The Kier molecular flexibility index (Phi) is 3.64. The summed E-state index contributed by atoms with van der Waals surface area (Å²) in [6, 6.07) is 14.0. The first-order chi connectivity index (χ1) is 9.54. The molecule has 20 heavy (non-hydrogen) atoms. The van der Waals surface area contributed by atoms with Gasteiger partial charge in [-0.1, -0.05) is 63.7 Å². The second kappa shape index (κ2) is 5.29. The van der Waals surface area contributed by atoms with Gasteiger partial charge in [-0.2, -0.15) is 0 Å². The Morgan fingerprint density at radius 1 is 0.750 bits per heavy atom. The summed E-state index contributed by atoms with van der Waals surface area (Å²) in [6.45, 7) is 9.06. The molecule has 2 aromatic rings. The van der Waals surface area contributed by atoms with Crippen molar-refractivity contribution in [2.24, 2.45) is 0 Å². The van der Waals surface area contributed by atoms with E-state index in [9.17, 15) is 0 Å². The van der Waals surface area contributed by atoms with Crippen LogP contribution in [0.3, 0.4) is 0 Å². The highest BCUT2D eigenvalue weighted by molar-refractivity contribution is 7.99. The van der Waals surface area contributed by atoms with Crippen molar-refractivity contribution in [3.63, 3.8) is 0 Å². The number of fused-ring (bicyclic) bond motifs is 2. The molecule has 0 atom stereocenters. The summed E-state index contributed by atoms with van der Waals surface area (Å²) in [5, 5.41) is 0. The summed E-state index contributed by atoms with van der Waals surface area (Å²) in [6.07, 6.45) is 1.08. The van der Waals surface area contributed by atoms with Crippen LogP contribution in [0.2, 0.25) is 0 Å². The lowest BCUT2D eigenvalue weighted by Gasteiger charge is -2.21. The second-order valence-corrected chi connectivity index (χ2v) is 7.41. The van der Waals surface area contributed by atoms with Gasteiger partial charge in [0.25, 0.3) is 0 Å². The minimum absolute atomic E-state index is 0.601. The van der Waals surface area contributed by atoms with Crippen LogP contribution in [-0.2, 0) is 6.42 Å². The third kappa shape index (κ3) is 2.52. The molecule has 0 nitrogen and oxygen atoms in total. The first kappa shape index (κ1) is 13.8. The van der Waals surface area contributed by atoms with Crippen LogP contribution in [0.4, 0.5) is 0 Å². The van der Waals surface area contributed by atoms with E-state index in [1.54, 1.807) is 0 Å². The molecule has 0 saturated heterocycles. The van der Waals surface area contributed by atoms with Crippen LogP contribution in [0.15, 0.2) is 46.2 Å². The smallest absolute Gasteiger partial charge is 0.0160 e. The maximum absolute atomic E-state index is 2.38. The molecule has 1 heteroatoms. The molecule has 104 valence electrons. The van der Waals surface area contributed by atoms with Crippen molar-refractivity contribution in [1.82, 2.24) is 0 Å². The Hall–Kier alpha value is -1.21. The quantitative estimate of drug-likeness (QED) is 0.556. The van der Waals surface area contributed by atoms with E-state index >= 15 is 0 Å². The van der Waals surface area contributed by atoms with E-state index in [4.69, 9.17) is 0 Å². The lowest BCUT2D eigenvalue weighted by molar-refractivity contribution is 0.851. The van der Waals surface area contributed by atoms with Crippen LogP contribution >= 0.6 is 11.8 Å². The number of hydrogen-bond acceptors (Lipinski definition) is 1. The molecule has 0 radical (unpaired) electrons. The largest absolute Gasteiger partial charge is 0.0895 e. The van der Waals surface area contributed by atoms with Crippen molar-refractivity contribution < 1.29 is 0 Å². The predicted molar refractivity (Wildman–Crippen MR) is 88.0 cm³/mol. The third-order valence-electron chi connectivity index (χ3n) is 4.12. The fourth-order valence-electron chi connectivity index (χ4n) is 2.67. The van der Waals surface area contributed by atoms with Crippen molar-refractivity contribution in [2.45, 2.75) is 55.7 Å². The fourth-order valence-corrected chi connectivity index (χ4v) is 3.84. The average molecular weight is 282 g/mol. The molecule has 0 aromatic heterocycles. The van der Waals surface area contributed by atoms with E-state index in [-0.39, 0.29) is 0 Å². The van der Waals surface area contributed by atoms with Gasteiger partial charge >= 0.3 is 0 Å². The van der Waals surface area contributed by atoms with Crippen LogP contribution < -0.4 is 0 Å². The van der Waals surface area contributed by atoms with Crippen molar-refractivity contribution in [2.75, 3.05) is 0 Å². The third-order valence-corrected chi connectivity index (χ3v) is 5.32. The van der Waals surface area contributed by atoms with Gasteiger partial charge in [-0.05, 0) is 52.6 Å². The maximum Gasteiger partial charge on any atom is 0.0160 e. The molecular weight excluding hydrogens is 260 g/mol. The van der Waals surface area contributed by atoms with Gasteiger partial charge in [0.15, 0.2) is 0 Å². The van der Waals surface area contributed by atoms with E-state index in [0.29, 0.717) is 11.8 Å². The van der Waals surface area contributed by atoms with Gasteiger partial charge < -0.3 is 0 Å². The van der Waals surface area contributed by atoms with Crippen LogP contribution in [0.25, 0.3) is 0 Å². The Balaban J connectivity index is 1.99. The van der Waals surface area contributed by atoms with Gasteiger partial charge in [-0.25, -0.2) is 0 Å². The Morgan fingerprint density at radius 2 is 1.20 bits per heavy atom. The minimum Gasteiger partial charge on any atom is -0.0895 e. The summed E-state index contributed by atoms with van der Waals surface area (Å²) in [7, 11) is 0. The molecule has 0 amide bonds. The Labute approximate surface area is 126 Å². The fraction of sp³-hybridized carbons (Fsp3) is 0.368.